The maximum Gasteiger partial charge on any atom is 0.193 e. The van der Waals surface area contributed by atoms with Gasteiger partial charge in [-0.05, 0) is 36.2 Å². The fourth-order valence-electron chi connectivity index (χ4n) is 2.20. The molecule has 2 aromatic rings. The van der Waals surface area contributed by atoms with E-state index < -0.39 is 0 Å². The van der Waals surface area contributed by atoms with E-state index in [-0.39, 0.29) is 0 Å². The number of hydrogen-bond donors (Lipinski definition) is 2. The summed E-state index contributed by atoms with van der Waals surface area (Å²) in [4.78, 5) is 4.34. The van der Waals surface area contributed by atoms with E-state index >= 15 is 0 Å². The molecule has 6 nitrogen and oxygen atoms in total. The first-order valence-corrected chi connectivity index (χ1v) is 7.58. The van der Waals surface area contributed by atoms with Gasteiger partial charge in [-0.25, -0.2) is 0 Å². The van der Waals surface area contributed by atoms with Gasteiger partial charge in [-0.15, -0.1) is 0 Å². The van der Waals surface area contributed by atoms with Crippen LogP contribution in [0.5, 0.6) is 17.2 Å². The van der Waals surface area contributed by atoms with Gasteiger partial charge >= 0.3 is 0 Å². The highest BCUT2D eigenvalue weighted by Gasteiger charge is 2.05. The van der Waals surface area contributed by atoms with Gasteiger partial charge in [0.1, 0.15) is 5.75 Å². The van der Waals surface area contributed by atoms with Crippen molar-refractivity contribution in [3.63, 3.8) is 0 Å². The number of nitrogens with zero attached hydrogens (tertiary/aromatic N) is 1. The Morgan fingerprint density at radius 3 is 2.29 bits per heavy atom. The summed E-state index contributed by atoms with van der Waals surface area (Å²) in [6.45, 7) is 0.596. The molecule has 0 aromatic heterocycles. The largest absolute Gasteiger partial charge is 0.497 e. The number of anilines is 1. The third kappa shape index (κ3) is 4.81. The number of hydrogen-bond acceptors (Lipinski definition) is 4. The summed E-state index contributed by atoms with van der Waals surface area (Å²) >= 11 is 0. The molecule has 0 fully saturated rings. The fraction of sp³-hybridized carbons (Fsp3) is 0.278. The van der Waals surface area contributed by atoms with Crippen molar-refractivity contribution in [2.24, 2.45) is 10.7 Å². The first-order chi connectivity index (χ1) is 11.7. The standard InChI is InChI=1S/C18H23N3O3/c1-22-15-7-4-13(5-8-15)10-11-20-18(19)21-14-6-9-16(23-2)17(12-14)24-3/h4-9,12H,10-11H2,1-3H3,(H3,19,20,21). The van der Waals surface area contributed by atoms with Crippen LogP contribution in [0.15, 0.2) is 47.5 Å². The zero-order chi connectivity index (χ0) is 17.4. The number of nitrogens with two attached hydrogens (primary N) is 1. The Morgan fingerprint density at radius 1 is 0.958 bits per heavy atom. The Bertz CT molecular complexity index is 684. The average molecular weight is 329 g/mol. The number of rotatable bonds is 7. The average Bonchev–Trinajstić information content (AvgIpc) is 2.62. The third-order valence-corrected chi connectivity index (χ3v) is 3.50. The Hall–Kier alpha value is -2.89. The molecule has 0 aliphatic rings. The lowest BCUT2D eigenvalue weighted by atomic mass is 10.1. The van der Waals surface area contributed by atoms with E-state index in [9.17, 15) is 0 Å². The maximum atomic E-state index is 5.92. The maximum absolute atomic E-state index is 5.92. The Morgan fingerprint density at radius 2 is 1.67 bits per heavy atom. The predicted octanol–water partition coefficient (Wildman–Crippen LogP) is 2.68. The van der Waals surface area contributed by atoms with E-state index in [0.717, 1.165) is 17.9 Å². The lowest BCUT2D eigenvalue weighted by Gasteiger charge is -2.11. The van der Waals surface area contributed by atoms with Crippen molar-refractivity contribution in [3.8, 4) is 17.2 Å². The molecule has 0 spiro atoms. The summed E-state index contributed by atoms with van der Waals surface area (Å²) in [6.07, 6.45) is 0.804. The van der Waals surface area contributed by atoms with E-state index in [1.165, 1.54) is 5.56 Å². The summed E-state index contributed by atoms with van der Waals surface area (Å²) in [6, 6.07) is 13.4. The normalized spacial score (nSPS) is 11.0. The highest BCUT2D eigenvalue weighted by atomic mass is 16.5. The zero-order valence-corrected chi connectivity index (χ0v) is 14.2. The van der Waals surface area contributed by atoms with Gasteiger partial charge in [-0.1, -0.05) is 12.1 Å². The van der Waals surface area contributed by atoms with E-state index in [1.807, 2.05) is 42.5 Å². The summed E-state index contributed by atoms with van der Waals surface area (Å²) in [5, 5.41) is 3.04. The monoisotopic (exact) mass is 329 g/mol. The molecule has 0 saturated heterocycles. The number of nitrogens with one attached hydrogen (secondary N) is 1. The Labute approximate surface area is 142 Å². The molecule has 0 heterocycles. The quantitative estimate of drug-likeness (QED) is 0.603. The minimum absolute atomic E-state index is 0.357. The molecule has 3 N–H and O–H groups in total. The number of guanidine groups is 1. The minimum atomic E-state index is 0.357. The van der Waals surface area contributed by atoms with Crippen molar-refractivity contribution < 1.29 is 14.2 Å². The minimum Gasteiger partial charge on any atom is -0.497 e. The van der Waals surface area contributed by atoms with Crippen molar-refractivity contribution in [2.75, 3.05) is 33.2 Å². The molecule has 24 heavy (non-hydrogen) atoms. The summed E-state index contributed by atoms with van der Waals surface area (Å²) in [5.41, 5.74) is 7.89. The van der Waals surface area contributed by atoms with Gasteiger partial charge in [0, 0.05) is 18.3 Å². The van der Waals surface area contributed by atoms with Crippen LogP contribution in [0.3, 0.4) is 0 Å². The van der Waals surface area contributed by atoms with Crippen LogP contribution in [0.4, 0.5) is 5.69 Å². The summed E-state index contributed by atoms with van der Waals surface area (Å²) < 4.78 is 15.6. The number of aliphatic imine (C=N–C) groups is 1. The second-order valence-electron chi connectivity index (χ2n) is 5.06. The topological polar surface area (TPSA) is 78.1 Å². The molecular weight excluding hydrogens is 306 g/mol. The Kier molecular flexibility index (Phi) is 6.31. The van der Waals surface area contributed by atoms with Gasteiger partial charge in [0.05, 0.1) is 21.3 Å². The van der Waals surface area contributed by atoms with E-state index in [4.69, 9.17) is 19.9 Å². The Balaban J connectivity index is 1.91. The van der Waals surface area contributed by atoms with Crippen LogP contribution in [0.25, 0.3) is 0 Å². The molecule has 0 bridgehead atoms. The van der Waals surface area contributed by atoms with Crippen LogP contribution in [0.1, 0.15) is 5.56 Å². The highest BCUT2D eigenvalue weighted by molar-refractivity contribution is 5.92. The van der Waals surface area contributed by atoms with Crippen LogP contribution < -0.4 is 25.3 Å². The van der Waals surface area contributed by atoms with Crippen molar-refractivity contribution in [2.45, 2.75) is 6.42 Å². The molecule has 0 amide bonds. The van der Waals surface area contributed by atoms with Gasteiger partial charge in [-0.3, -0.25) is 4.99 Å². The number of methoxy groups -OCH3 is 3. The number of benzene rings is 2. The molecule has 0 radical (unpaired) electrons. The van der Waals surface area contributed by atoms with Crippen LogP contribution >= 0.6 is 0 Å². The van der Waals surface area contributed by atoms with Crippen LogP contribution in [0, 0.1) is 0 Å². The van der Waals surface area contributed by atoms with Gasteiger partial charge < -0.3 is 25.3 Å². The van der Waals surface area contributed by atoms with Crippen LogP contribution in [-0.4, -0.2) is 33.8 Å². The summed E-state index contributed by atoms with van der Waals surface area (Å²) in [5.74, 6) is 2.50. The fourth-order valence-corrected chi connectivity index (χ4v) is 2.20. The van der Waals surface area contributed by atoms with Gasteiger partial charge in [-0.2, -0.15) is 0 Å². The van der Waals surface area contributed by atoms with E-state index in [2.05, 4.69) is 10.3 Å². The molecule has 2 rings (SSSR count). The predicted molar refractivity (Wildman–Crippen MR) is 96.4 cm³/mol. The molecule has 0 aliphatic carbocycles. The van der Waals surface area contributed by atoms with Gasteiger partial charge in [0.25, 0.3) is 0 Å². The molecule has 0 aliphatic heterocycles. The molecule has 0 saturated carbocycles. The van der Waals surface area contributed by atoms with Gasteiger partial charge in [0.2, 0.25) is 0 Å². The SMILES string of the molecule is COc1ccc(CCN=C(N)Nc2ccc(OC)c(OC)c2)cc1. The number of ether oxygens (including phenoxy) is 3. The molecule has 2 aromatic carbocycles. The highest BCUT2D eigenvalue weighted by Crippen LogP contribution is 2.29. The first kappa shape index (κ1) is 17.5. The summed E-state index contributed by atoms with van der Waals surface area (Å²) in [7, 11) is 4.84. The smallest absolute Gasteiger partial charge is 0.193 e. The van der Waals surface area contributed by atoms with Crippen molar-refractivity contribution in [1.82, 2.24) is 0 Å². The van der Waals surface area contributed by atoms with E-state index in [1.54, 1.807) is 21.3 Å². The molecule has 128 valence electrons. The molecular formula is C18H23N3O3. The van der Waals surface area contributed by atoms with Crippen molar-refractivity contribution >= 4 is 11.6 Å². The van der Waals surface area contributed by atoms with Crippen LogP contribution in [0.2, 0.25) is 0 Å². The van der Waals surface area contributed by atoms with Crippen LogP contribution in [-0.2, 0) is 6.42 Å². The van der Waals surface area contributed by atoms with Crippen molar-refractivity contribution in [3.05, 3.63) is 48.0 Å². The second kappa shape index (κ2) is 8.67. The molecule has 6 heteroatoms. The third-order valence-electron chi connectivity index (χ3n) is 3.50. The van der Waals surface area contributed by atoms with E-state index in [0.29, 0.717) is 24.0 Å². The first-order valence-electron chi connectivity index (χ1n) is 7.58. The van der Waals surface area contributed by atoms with Gasteiger partial charge in [0.15, 0.2) is 17.5 Å². The molecule has 0 unspecified atom stereocenters. The lowest BCUT2D eigenvalue weighted by molar-refractivity contribution is 0.355. The molecule has 0 atom stereocenters. The lowest BCUT2D eigenvalue weighted by Crippen LogP contribution is -2.23. The second-order valence-corrected chi connectivity index (χ2v) is 5.06. The zero-order valence-electron chi connectivity index (χ0n) is 14.2. The van der Waals surface area contributed by atoms with Crippen molar-refractivity contribution in [1.29, 1.82) is 0 Å².